The van der Waals surface area contributed by atoms with Crippen molar-refractivity contribution >= 4 is 12.0 Å². The molecule has 0 unspecified atom stereocenters. The molecule has 2 rings (SSSR count). The molecule has 0 radical (unpaired) electrons. The Morgan fingerprint density at radius 2 is 1.80 bits per heavy atom. The second-order valence-corrected chi connectivity index (χ2v) is 5.00. The van der Waals surface area contributed by atoms with Crippen LogP contribution in [-0.2, 0) is 6.54 Å². The third kappa shape index (κ3) is 3.05. The predicted octanol–water partition coefficient (Wildman–Crippen LogP) is 4.05. The highest BCUT2D eigenvalue weighted by atomic mass is 19.1. The Morgan fingerprint density at radius 3 is 2.40 bits per heavy atom. The van der Waals surface area contributed by atoms with E-state index in [2.05, 4.69) is 0 Å². The van der Waals surface area contributed by atoms with Crippen LogP contribution >= 0.6 is 0 Å². The Bertz CT molecular complexity index is 581. The zero-order valence-electron chi connectivity index (χ0n) is 11.7. The summed E-state index contributed by atoms with van der Waals surface area (Å²) in [6, 6.07) is 14.5. The number of rotatable bonds is 5. The Labute approximate surface area is 118 Å². The molecule has 0 fully saturated rings. The third-order valence-corrected chi connectivity index (χ3v) is 3.25. The van der Waals surface area contributed by atoms with Gasteiger partial charge in [0.15, 0.2) is 6.29 Å². The van der Waals surface area contributed by atoms with Gasteiger partial charge in [-0.05, 0) is 31.5 Å². The van der Waals surface area contributed by atoms with Crippen LogP contribution in [0.1, 0.15) is 29.8 Å². The SMILES string of the molecule is CC(C)N(Cc1ccccc1)c1c(F)cccc1C=O. The van der Waals surface area contributed by atoms with Crippen LogP contribution in [0.2, 0.25) is 0 Å². The van der Waals surface area contributed by atoms with Gasteiger partial charge in [0.05, 0.1) is 5.69 Å². The van der Waals surface area contributed by atoms with Crippen LogP contribution in [-0.4, -0.2) is 12.3 Å². The average Bonchev–Trinajstić information content (AvgIpc) is 2.46. The molecule has 2 aromatic carbocycles. The van der Waals surface area contributed by atoms with Crippen molar-refractivity contribution in [2.45, 2.75) is 26.4 Å². The van der Waals surface area contributed by atoms with Gasteiger partial charge in [0.1, 0.15) is 5.82 Å². The molecule has 0 aliphatic rings. The lowest BCUT2D eigenvalue weighted by Crippen LogP contribution is -2.31. The zero-order valence-corrected chi connectivity index (χ0v) is 11.7. The number of hydrogen-bond donors (Lipinski definition) is 0. The quantitative estimate of drug-likeness (QED) is 0.764. The van der Waals surface area contributed by atoms with Crippen LogP contribution in [0.5, 0.6) is 0 Å². The highest BCUT2D eigenvalue weighted by Gasteiger charge is 2.18. The van der Waals surface area contributed by atoms with Crippen molar-refractivity contribution in [2.75, 3.05) is 4.90 Å². The van der Waals surface area contributed by atoms with E-state index in [1.54, 1.807) is 12.1 Å². The number of aldehydes is 1. The lowest BCUT2D eigenvalue weighted by Gasteiger charge is -2.30. The molecule has 2 nitrogen and oxygen atoms in total. The van der Waals surface area contributed by atoms with Crippen LogP contribution in [0.15, 0.2) is 48.5 Å². The van der Waals surface area contributed by atoms with Crippen molar-refractivity contribution < 1.29 is 9.18 Å². The highest BCUT2D eigenvalue weighted by molar-refractivity contribution is 5.85. The van der Waals surface area contributed by atoms with Crippen LogP contribution in [0.3, 0.4) is 0 Å². The van der Waals surface area contributed by atoms with Crippen LogP contribution < -0.4 is 4.90 Å². The summed E-state index contributed by atoms with van der Waals surface area (Å²) in [5.41, 5.74) is 1.84. The Hall–Kier alpha value is -2.16. The fraction of sp³-hybridized carbons (Fsp3) is 0.235. The van der Waals surface area contributed by atoms with E-state index in [1.807, 2.05) is 49.1 Å². The summed E-state index contributed by atoms with van der Waals surface area (Å²) in [4.78, 5) is 13.1. The maximum absolute atomic E-state index is 14.1. The first-order chi connectivity index (χ1) is 9.63. The van der Waals surface area contributed by atoms with E-state index in [4.69, 9.17) is 0 Å². The first-order valence-corrected chi connectivity index (χ1v) is 6.67. The molecule has 0 aliphatic carbocycles. The van der Waals surface area contributed by atoms with Crippen molar-refractivity contribution in [3.63, 3.8) is 0 Å². The van der Waals surface area contributed by atoms with Gasteiger partial charge in [-0.25, -0.2) is 4.39 Å². The molecule has 0 atom stereocenters. The van der Waals surface area contributed by atoms with Gasteiger partial charge in [0.2, 0.25) is 0 Å². The maximum Gasteiger partial charge on any atom is 0.152 e. The van der Waals surface area contributed by atoms with E-state index in [9.17, 15) is 9.18 Å². The average molecular weight is 271 g/mol. The first-order valence-electron chi connectivity index (χ1n) is 6.67. The van der Waals surface area contributed by atoms with E-state index in [-0.39, 0.29) is 11.9 Å². The van der Waals surface area contributed by atoms with Gasteiger partial charge < -0.3 is 4.90 Å². The van der Waals surface area contributed by atoms with Crippen molar-refractivity contribution in [3.05, 3.63) is 65.5 Å². The Morgan fingerprint density at radius 1 is 1.10 bits per heavy atom. The summed E-state index contributed by atoms with van der Waals surface area (Å²) in [6.07, 6.45) is 0.707. The summed E-state index contributed by atoms with van der Waals surface area (Å²) in [7, 11) is 0. The molecule has 0 heterocycles. The monoisotopic (exact) mass is 271 g/mol. The molecule has 0 spiro atoms. The van der Waals surface area contributed by atoms with Crippen LogP contribution in [0, 0.1) is 5.82 Å². The molecule has 104 valence electrons. The first kappa shape index (κ1) is 14.3. The van der Waals surface area contributed by atoms with E-state index >= 15 is 0 Å². The fourth-order valence-electron chi connectivity index (χ4n) is 2.23. The molecule has 0 saturated heterocycles. The number of hydrogen-bond acceptors (Lipinski definition) is 2. The lowest BCUT2D eigenvalue weighted by atomic mass is 10.1. The van der Waals surface area contributed by atoms with E-state index in [0.717, 1.165) is 5.56 Å². The van der Waals surface area contributed by atoms with E-state index in [1.165, 1.54) is 6.07 Å². The molecular weight excluding hydrogens is 253 g/mol. The smallest absolute Gasteiger partial charge is 0.152 e. The van der Waals surface area contributed by atoms with Gasteiger partial charge in [0.25, 0.3) is 0 Å². The topological polar surface area (TPSA) is 20.3 Å². The molecule has 0 saturated carbocycles. The number of halogens is 1. The number of carbonyl (C=O) groups excluding carboxylic acids is 1. The van der Waals surface area contributed by atoms with Crippen molar-refractivity contribution in [1.29, 1.82) is 0 Å². The van der Waals surface area contributed by atoms with Gasteiger partial charge in [-0.3, -0.25) is 4.79 Å². The molecule has 0 amide bonds. The number of anilines is 1. The van der Waals surface area contributed by atoms with E-state index in [0.29, 0.717) is 24.1 Å². The van der Waals surface area contributed by atoms with Crippen LogP contribution in [0.4, 0.5) is 10.1 Å². The second kappa shape index (κ2) is 6.33. The molecule has 2 aromatic rings. The summed E-state index contributed by atoms with van der Waals surface area (Å²) < 4.78 is 14.1. The highest BCUT2D eigenvalue weighted by Crippen LogP contribution is 2.27. The standard InChI is InChI=1S/C17H18FNO/c1-13(2)19(11-14-7-4-3-5-8-14)17-15(12-20)9-6-10-16(17)18/h3-10,12-13H,11H2,1-2H3. The lowest BCUT2D eigenvalue weighted by molar-refractivity contribution is 0.112. The zero-order chi connectivity index (χ0) is 14.5. The molecule has 0 aromatic heterocycles. The minimum Gasteiger partial charge on any atom is -0.362 e. The Balaban J connectivity index is 2.42. The minimum absolute atomic E-state index is 0.0887. The number of benzene rings is 2. The Kier molecular flexibility index (Phi) is 4.51. The van der Waals surface area contributed by atoms with Crippen molar-refractivity contribution in [3.8, 4) is 0 Å². The van der Waals surface area contributed by atoms with Gasteiger partial charge >= 0.3 is 0 Å². The van der Waals surface area contributed by atoms with Gasteiger partial charge in [-0.15, -0.1) is 0 Å². The molecule has 0 bridgehead atoms. The number of carbonyl (C=O) groups is 1. The van der Waals surface area contributed by atoms with Crippen LogP contribution in [0.25, 0.3) is 0 Å². The summed E-state index contributed by atoms with van der Waals surface area (Å²) >= 11 is 0. The molecule has 20 heavy (non-hydrogen) atoms. The summed E-state index contributed by atoms with van der Waals surface area (Å²) in [5, 5.41) is 0. The molecule has 0 N–H and O–H groups in total. The summed E-state index contributed by atoms with van der Waals surface area (Å²) in [5.74, 6) is -0.362. The largest absolute Gasteiger partial charge is 0.362 e. The van der Waals surface area contributed by atoms with Gasteiger partial charge in [0, 0.05) is 18.2 Å². The maximum atomic E-state index is 14.1. The predicted molar refractivity (Wildman–Crippen MR) is 79.5 cm³/mol. The molecule has 3 heteroatoms. The summed E-state index contributed by atoms with van der Waals surface area (Å²) in [6.45, 7) is 4.55. The van der Waals surface area contributed by atoms with Gasteiger partial charge in [-0.2, -0.15) is 0 Å². The van der Waals surface area contributed by atoms with Gasteiger partial charge in [-0.1, -0.05) is 36.4 Å². The third-order valence-electron chi connectivity index (χ3n) is 3.25. The number of nitrogens with zero attached hydrogens (tertiary/aromatic N) is 1. The fourth-order valence-corrected chi connectivity index (χ4v) is 2.23. The molecule has 0 aliphatic heterocycles. The van der Waals surface area contributed by atoms with Crippen molar-refractivity contribution in [2.24, 2.45) is 0 Å². The van der Waals surface area contributed by atoms with E-state index < -0.39 is 0 Å². The molecular formula is C17H18FNO. The van der Waals surface area contributed by atoms with Crippen molar-refractivity contribution in [1.82, 2.24) is 0 Å². The second-order valence-electron chi connectivity index (χ2n) is 5.00. The normalized spacial score (nSPS) is 10.6. The number of para-hydroxylation sites is 1. The minimum atomic E-state index is -0.362.